The second-order valence-electron chi connectivity index (χ2n) is 9.22. The Labute approximate surface area is 177 Å². The second-order valence-corrected chi connectivity index (χ2v) is 9.22. The third kappa shape index (κ3) is 3.69. The van der Waals surface area contributed by atoms with Crippen LogP contribution in [0.25, 0.3) is 0 Å². The summed E-state index contributed by atoms with van der Waals surface area (Å²) in [5, 5.41) is 9.37. The number of aryl methyl sites for hydroxylation is 1. The highest BCUT2D eigenvalue weighted by Gasteiger charge is 2.42. The lowest BCUT2D eigenvalue weighted by molar-refractivity contribution is -0.143. The number of hydrogen-bond acceptors (Lipinski definition) is 5. The van der Waals surface area contributed by atoms with Gasteiger partial charge in [-0.2, -0.15) is 0 Å². The number of fused-ring (bicyclic) bond motifs is 2. The van der Waals surface area contributed by atoms with Crippen molar-refractivity contribution < 1.29 is 9.90 Å². The van der Waals surface area contributed by atoms with E-state index in [1.165, 1.54) is 23.1 Å². The molecule has 1 N–H and O–H groups in total. The van der Waals surface area contributed by atoms with E-state index < -0.39 is 5.97 Å². The van der Waals surface area contributed by atoms with E-state index in [0.29, 0.717) is 0 Å². The van der Waals surface area contributed by atoms with Crippen LogP contribution in [0, 0.1) is 5.92 Å². The highest BCUT2D eigenvalue weighted by Crippen LogP contribution is 2.50. The predicted octanol–water partition coefficient (Wildman–Crippen LogP) is 3.26. The number of nitrogens with zero attached hydrogens (tertiary/aromatic N) is 4. The van der Waals surface area contributed by atoms with E-state index in [9.17, 15) is 9.90 Å². The lowest BCUT2D eigenvalue weighted by Crippen LogP contribution is -2.46. The summed E-state index contributed by atoms with van der Waals surface area (Å²) in [4.78, 5) is 24.6. The van der Waals surface area contributed by atoms with Crippen molar-refractivity contribution in [2.75, 3.05) is 31.1 Å². The van der Waals surface area contributed by atoms with Gasteiger partial charge >= 0.3 is 5.97 Å². The van der Waals surface area contributed by atoms with Gasteiger partial charge in [0.1, 0.15) is 12.1 Å². The van der Waals surface area contributed by atoms with E-state index >= 15 is 0 Å². The van der Waals surface area contributed by atoms with E-state index in [2.05, 4.69) is 38.0 Å². The van der Waals surface area contributed by atoms with Crippen LogP contribution in [0.1, 0.15) is 48.8 Å². The van der Waals surface area contributed by atoms with Crippen molar-refractivity contribution in [1.29, 1.82) is 0 Å². The van der Waals surface area contributed by atoms with Gasteiger partial charge in [0.25, 0.3) is 0 Å². The molecule has 1 saturated heterocycles. The Morgan fingerprint density at radius 3 is 2.60 bits per heavy atom. The summed E-state index contributed by atoms with van der Waals surface area (Å²) in [5.41, 5.74) is 4.62. The molecular formula is C24H30N4O2. The summed E-state index contributed by atoms with van der Waals surface area (Å²) in [6.45, 7) is 5.03. The lowest BCUT2D eigenvalue weighted by atomic mass is 9.67. The minimum absolute atomic E-state index is 0.144. The fourth-order valence-electron chi connectivity index (χ4n) is 5.74. The topological polar surface area (TPSA) is 69.6 Å². The smallest absolute Gasteiger partial charge is 0.306 e. The van der Waals surface area contributed by atoms with E-state index in [1.54, 1.807) is 12.5 Å². The van der Waals surface area contributed by atoms with E-state index in [4.69, 9.17) is 0 Å². The van der Waals surface area contributed by atoms with Crippen LogP contribution >= 0.6 is 0 Å². The molecule has 30 heavy (non-hydrogen) atoms. The van der Waals surface area contributed by atoms with Gasteiger partial charge in [0.15, 0.2) is 0 Å². The van der Waals surface area contributed by atoms with Crippen LogP contribution in [0.5, 0.6) is 0 Å². The van der Waals surface area contributed by atoms with Crippen molar-refractivity contribution in [3.05, 3.63) is 53.5 Å². The van der Waals surface area contributed by atoms with Gasteiger partial charge in [-0.1, -0.05) is 18.2 Å². The summed E-state index contributed by atoms with van der Waals surface area (Å²) in [6, 6.07) is 9.06. The molecule has 5 rings (SSSR count). The molecule has 6 heteroatoms. The van der Waals surface area contributed by atoms with Crippen LogP contribution in [-0.4, -0.2) is 52.1 Å². The van der Waals surface area contributed by atoms with Gasteiger partial charge in [0, 0.05) is 38.9 Å². The molecule has 158 valence electrons. The third-order valence-electron chi connectivity index (χ3n) is 7.58. The average molecular weight is 407 g/mol. The third-order valence-corrected chi connectivity index (χ3v) is 7.58. The molecule has 3 aliphatic rings. The molecule has 0 bridgehead atoms. The number of benzene rings is 1. The first-order valence-corrected chi connectivity index (χ1v) is 11.2. The molecule has 0 atom stereocenters. The largest absolute Gasteiger partial charge is 0.481 e. The molecule has 2 heterocycles. The number of hydrogen-bond donors (Lipinski definition) is 1. The fraction of sp³-hybridized carbons (Fsp3) is 0.542. The lowest BCUT2D eigenvalue weighted by Gasteiger charge is -2.37. The maximum Gasteiger partial charge on any atom is 0.306 e. The summed E-state index contributed by atoms with van der Waals surface area (Å²) < 4.78 is 0. The summed E-state index contributed by atoms with van der Waals surface area (Å²) in [7, 11) is 0. The van der Waals surface area contributed by atoms with Crippen LogP contribution in [0.4, 0.5) is 5.82 Å². The molecule has 6 nitrogen and oxygen atoms in total. The van der Waals surface area contributed by atoms with Gasteiger partial charge in [-0.15, -0.1) is 0 Å². The Bertz CT molecular complexity index is 901. The van der Waals surface area contributed by atoms with Crippen LogP contribution < -0.4 is 4.90 Å². The van der Waals surface area contributed by atoms with Gasteiger partial charge < -0.3 is 10.0 Å². The SMILES string of the molecule is O=C(O)C1CCC2(CCc3ccc(CN4CCN(c5ccncn5)CC4)cc32)CC1. The number of carboxylic acid groups (broad SMARTS) is 1. The number of carbonyl (C=O) groups is 1. The van der Waals surface area contributed by atoms with Gasteiger partial charge in [-0.3, -0.25) is 9.69 Å². The minimum atomic E-state index is -0.613. The molecule has 0 amide bonds. The zero-order valence-electron chi connectivity index (χ0n) is 17.5. The Hall–Kier alpha value is -2.47. The predicted molar refractivity (Wildman–Crippen MR) is 116 cm³/mol. The monoisotopic (exact) mass is 406 g/mol. The molecule has 0 radical (unpaired) electrons. The van der Waals surface area contributed by atoms with Crippen molar-refractivity contribution in [2.45, 2.75) is 50.5 Å². The van der Waals surface area contributed by atoms with Crippen LogP contribution in [0.15, 0.2) is 36.8 Å². The Morgan fingerprint density at radius 1 is 1.10 bits per heavy atom. The molecule has 1 saturated carbocycles. The number of carboxylic acids is 1. The normalized spacial score (nSPS) is 26.7. The van der Waals surface area contributed by atoms with Gasteiger partial charge in [-0.25, -0.2) is 9.97 Å². The molecule has 2 aromatic rings. The molecule has 0 unspecified atom stereocenters. The van der Waals surface area contributed by atoms with Crippen LogP contribution in [0.3, 0.4) is 0 Å². The van der Waals surface area contributed by atoms with Gasteiger partial charge in [0.2, 0.25) is 0 Å². The Morgan fingerprint density at radius 2 is 1.90 bits per heavy atom. The zero-order chi connectivity index (χ0) is 20.6. The quantitative estimate of drug-likeness (QED) is 0.841. The van der Waals surface area contributed by atoms with Crippen molar-refractivity contribution in [3.8, 4) is 0 Å². The second kappa shape index (κ2) is 7.99. The maximum atomic E-state index is 11.4. The average Bonchev–Trinajstić information content (AvgIpc) is 3.13. The molecule has 1 aromatic heterocycles. The summed E-state index contributed by atoms with van der Waals surface area (Å²) in [6.07, 6.45) is 9.45. The minimum Gasteiger partial charge on any atom is -0.481 e. The first-order chi connectivity index (χ1) is 14.6. The van der Waals surface area contributed by atoms with E-state index in [1.807, 2.05) is 6.07 Å². The molecule has 2 fully saturated rings. The number of piperazine rings is 1. The number of aliphatic carboxylic acids is 1. The maximum absolute atomic E-state index is 11.4. The van der Waals surface area contributed by atoms with Crippen LogP contribution in [0.2, 0.25) is 0 Å². The van der Waals surface area contributed by atoms with Crippen LogP contribution in [-0.2, 0) is 23.2 Å². The highest BCUT2D eigenvalue weighted by molar-refractivity contribution is 5.70. The standard InChI is InChI=1S/C24H30N4O2/c29-23(30)20-4-8-24(9-5-20)7-3-19-2-1-18(15-21(19)24)16-27-11-13-28(14-12-27)22-6-10-25-17-26-22/h1-2,6,10,15,17,20H,3-5,7-9,11-14,16H2,(H,29,30). The Kier molecular flexibility index (Phi) is 5.19. The number of aromatic nitrogens is 2. The number of rotatable bonds is 4. The summed E-state index contributed by atoms with van der Waals surface area (Å²) in [5.74, 6) is 0.257. The first-order valence-electron chi connectivity index (χ1n) is 11.2. The Balaban J connectivity index is 1.24. The molecule has 2 aliphatic carbocycles. The highest BCUT2D eigenvalue weighted by atomic mass is 16.4. The number of anilines is 1. The van der Waals surface area contributed by atoms with Gasteiger partial charge in [0.05, 0.1) is 5.92 Å². The van der Waals surface area contributed by atoms with Gasteiger partial charge in [-0.05, 0) is 66.7 Å². The molecule has 1 spiro atoms. The van der Waals surface area contributed by atoms with E-state index in [0.717, 1.165) is 70.6 Å². The summed E-state index contributed by atoms with van der Waals surface area (Å²) >= 11 is 0. The molecule has 1 aliphatic heterocycles. The van der Waals surface area contributed by atoms with Crippen molar-refractivity contribution in [3.63, 3.8) is 0 Å². The van der Waals surface area contributed by atoms with Crippen molar-refractivity contribution >= 4 is 11.8 Å². The fourth-order valence-corrected chi connectivity index (χ4v) is 5.74. The van der Waals surface area contributed by atoms with Crippen molar-refractivity contribution in [1.82, 2.24) is 14.9 Å². The molecular weight excluding hydrogens is 376 g/mol. The van der Waals surface area contributed by atoms with E-state index in [-0.39, 0.29) is 11.3 Å². The zero-order valence-corrected chi connectivity index (χ0v) is 17.5. The molecule has 1 aromatic carbocycles. The first kappa shape index (κ1) is 19.5. The van der Waals surface area contributed by atoms with Crippen molar-refractivity contribution in [2.24, 2.45) is 5.92 Å².